The number of esters is 4. The molecule has 0 saturated carbocycles. The Morgan fingerprint density at radius 2 is 1.23 bits per heavy atom. The van der Waals surface area contributed by atoms with Crippen LogP contribution in [-0.2, 0) is 57.2 Å². The molecule has 57 heavy (non-hydrogen) atoms. The summed E-state index contributed by atoms with van der Waals surface area (Å²) in [5, 5.41) is 2.75. The van der Waals surface area contributed by atoms with E-state index in [0.717, 1.165) is 67.9 Å². The van der Waals surface area contributed by atoms with Crippen LogP contribution in [0.2, 0.25) is 0 Å². The Morgan fingerprint density at radius 1 is 0.737 bits per heavy atom. The normalized spacial score (nSPS) is 33.9. The maximum absolute atomic E-state index is 12.4. The largest absolute Gasteiger partial charge is 0.458 e. The predicted octanol–water partition coefficient (Wildman–Crippen LogP) is 5.33. The summed E-state index contributed by atoms with van der Waals surface area (Å²) in [6.07, 6.45) is 16.6. The highest BCUT2D eigenvalue weighted by Crippen LogP contribution is 2.51. The average molecular weight is 790 g/mol. The average Bonchev–Trinajstić information content (AvgIpc) is 3.99. The van der Waals surface area contributed by atoms with Gasteiger partial charge in [0.05, 0.1) is 11.2 Å². The number of nitrogens with one attached hydrogen (secondary N) is 1. The summed E-state index contributed by atoms with van der Waals surface area (Å²) >= 11 is 0. The van der Waals surface area contributed by atoms with E-state index in [1.165, 1.54) is 6.08 Å². The summed E-state index contributed by atoms with van der Waals surface area (Å²) in [5.41, 5.74) is 2.11. The van der Waals surface area contributed by atoms with Gasteiger partial charge >= 0.3 is 23.9 Å². The van der Waals surface area contributed by atoms with Crippen LogP contribution in [0.4, 0.5) is 0 Å². The molecule has 4 aliphatic heterocycles. The third kappa shape index (κ3) is 10.9. The van der Waals surface area contributed by atoms with Gasteiger partial charge in [-0.1, -0.05) is 38.2 Å². The highest BCUT2D eigenvalue weighted by atomic mass is 16.7. The number of carbonyl (C=O) groups is 6. The molecular weight excluding hydrogens is 734 g/mol. The third-order valence-corrected chi connectivity index (χ3v) is 12.1. The van der Waals surface area contributed by atoms with Gasteiger partial charge in [-0.3, -0.25) is 9.59 Å². The number of carbonyl (C=O) groups excluding carboxylic acids is 6. The van der Waals surface area contributed by atoms with Crippen LogP contribution in [0.5, 0.6) is 0 Å². The zero-order chi connectivity index (χ0) is 40.7. The van der Waals surface area contributed by atoms with E-state index >= 15 is 0 Å². The molecule has 0 aromatic rings. The van der Waals surface area contributed by atoms with Gasteiger partial charge in [0, 0.05) is 54.2 Å². The molecule has 4 saturated heterocycles. The maximum Gasteiger partial charge on any atom is 0.334 e. The van der Waals surface area contributed by atoms with Crippen molar-refractivity contribution in [3.63, 3.8) is 0 Å². The van der Waals surface area contributed by atoms with Crippen LogP contribution in [0, 0.1) is 11.8 Å². The molecule has 308 valence electrons. The van der Waals surface area contributed by atoms with Crippen LogP contribution in [0.3, 0.4) is 0 Å². The number of fused-ring (bicyclic) bond motifs is 6. The van der Waals surface area contributed by atoms with Crippen molar-refractivity contribution in [2.24, 2.45) is 11.8 Å². The van der Waals surface area contributed by atoms with Crippen molar-refractivity contribution in [3.8, 4) is 0 Å². The van der Waals surface area contributed by atoms with E-state index in [0.29, 0.717) is 56.2 Å². The van der Waals surface area contributed by atoms with Gasteiger partial charge in [-0.15, -0.1) is 0 Å². The number of amides is 1. The highest BCUT2D eigenvalue weighted by molar-refractivity contribution is 5.96. The van der Waals surface area contributed by atoms with Crippen LogP contribution in [-0.4, -0.2) is 90.9 Å². The Hall–Kier alpha value is -4.62. The molecule has 6 rings (SSSR count). The number of rotatable bonds is 15. The second-order valence-electron chi connectivity index (χ2n) is 16.4. The van der Waals surface area contributed by atoms with Crippen LogP contribution in [0.15, 0.2) is 71.9 Å². The molecule has 0 bridgehead atoms. The summed E-state index contributed by atoms with van der Waals surface area (Å²) in [7, 11) is 0. The molecule has 13 nitrogen and oxygen atoms in total. The molecule has 4 fully saturated rings. The number of ether oxygens (including phenoxy) is 6. The highest BCUT2D eigenvalue weighted by Gasteiger charge is 2.62. The van der Waals surface area contributed by atoms with Crippen molar-refractivity contribution in [3.05, 3.63) is 71.9 Å². The standard InChI is InChI=1S/C44H55NO12/c1-27-32-17-14-29(11-9-22-43(3)39(56-43)37(32)54-41(27)50)25-52-35(48)20-16-31(46)13-7-5-6-8-24-45-34(47)19-21-36(49)53-26-30-12-10-23-44(4)40(57-44)38-33(18-15-30)28(2)42(51)55-38/h11-12,16,19-21,32-33,37-40H,1-2,5-10,13-15,17-18,22-26H2,3-4H3,(H,45,47)/b20-16+,21-19+,29-11+,30-12+/t32-,33-,37-,38-,39-,40-,43+,44+/m0/s1. The summed E-state index contributed by atoms with van der Waals surface area (Å²) in [4.78, 5) is 73.7. The maximum atomic E-state index is 12.4. The van der Waals surface area contributed by atoms with Crippen molar-refractivity contribution in [1.29, 1.82) is 0 Å². The van der Waals surface area contributed by atoms with Crippen LogP contribution >= 0.6 is 0 Å². The van der Waals surface area contributed by atoms with Crippen molar-refractivity contribution >= 4 is 35.6 Å². The fourth-order valence-electron chi connectivity index (χ4n) is 8.36. The van der Waals surface area contributed by atoms with Gasteiger partial charge in [-0.05, 0) is 95.3 Å². The van der Waals surface area contributed by atoms with Crippen LogP contribution in [0.1, 0.15) is 97.3 Å². The van der Waals surface area contributed by atoms with E-state index in [4.69, 9.17) is 28.4 Å². The summed E-state index contributed by atoms with van der Waals surface area (Å²) in [6, 6.07) is 0. The van der Waals surface area contributed by atoms with Crippen molar-refractivity contribution in [1.82, 2.24) is 5.32 Å². The second-order valence-corrected chi connectivity index (χ2v) is 16.4. The quantitative estimate of drug-likeness (QED) is 0.0565. The number of unbranched alkanes of at least 4 members (excludes halogenated alkanes) is 3. The second kappa shape index (κ2) is 18.3. The molecule has 0 aromatic heterocycles. The van der Waals surface area contributed by atoms with Gasteiger partial charge in [0.15, 0.2) is 5.78 Å². The molecule has 13 heteroatoms. The van der Waals surface area contributed by atoms with E-state index in [9.17, 15) is 28.8 Å². The lowest BCUT2D eigenvalue weighted by Crippen LogP contribution is -2.29. The van der Waals surface area contributed by atoms with Crippen LogP contribution in [0.25, 0.3) is 0 Å². The minimum Gasteiger partial charge on any atom is -0.458 e. The third-order valence-electron chi connectivity index (χ3n) is 12.1. The van der Waals surface area contributed by atoms with Gasteiger partial charge in [0.25, 0.3) is 0 Å². The van der Waals surface area contributed by atoms with E-state index in [1.54, 1.807) is 0 Å². The molecule has 4 heterocycles. The van der Waals surface area contributed by atoms with Crippen molar-refractivity contribution in [2.75, 3.05) is 19.8 Å². The number of ketones is 1. The van der Waals surface area contributed by atoms with Gasteiger partial charge in [0.1, 0.15) is 37.6 Å². The van der Waals surface area contributed by atoms with E-state index in [1.807, 2.05) is 13.8 Å². The number of hydrogen-bond acceptors (Lipinski definition) is 12. The number of epoxide rings is 2. The molecule has 8 atom stereocenters. The lowest BCUT2D eigenvalue weighted by Gasteiger charge is -2.20. The molecular formula is C44H55NO12. The van der Waals surface area contributed by atoms with Crippen molar-refractivity contribution < 1.29 is 57.2 Å². The first-order valence-electron chi connectivity index (χ1n) is 20.3. The van der Waals surface area contributed by atoms with Crippen LogP contribution < -0.4 is 5.32 Å². The minimum absolute atomic E-state index is 0.0855. The van der Waals surface area contributed by atoms with Gasteiger partial charge in [0.2, 0.25) is 5.91 Å². The van der Waals surface area contributed by atoms with Gasteiger partial charge < -0.3 is 33.7 Å². The van der Waals surface area contributed by atoms with E-state index < -0.39 is 17.8 Å². The lowest BCUT2D eigenvalue weighted by molar-refractivity contribution is -0.140. The Kier molecular flexibility index (Phi) is 13.5. The molecule has 1 amide bonds. The number of allylic oxidation sites excluding steroid dienone is 3. The number of hydrogen-bond donors (Lipinski definition) is 1. The fourth-order valence-corrected chi connectivity index (χ4v) is 8.36. The Bertz CT molecular complexity index is 1650. The molecule has 0 aromatic carbocycles. The summed E-state index contributed by atoms with van der Waals surface area (Å²) < 4.78 is 33.9. The minimum atomic E-state index is -0.627. The van der Waals surface area contributed by atoms with E-state index in [-0.39, 0.29) is 84.8 Å². The first-order chi connectivity index (χ1) is 27.3. The van der Waals surface area contributed by atoms with Crippen molar-refractivity contribution in [2.45, 2.75) is 133 Å². The monoisotopic (exact) mass is 789 g/mol. The Labute approximate surface area is 333 Å². The van der Waals surface area contributed by atoms with Gasteiger partial charge in [-0.25, -0.2) is 19.2 Å². The molecule has 0 unspecified atom stereocenters. The predicted molar refractivity (Wildman–Crippen MR) is 206 cm³/mol. The Morgan fingerprint density at radius 3 is 1.75 bits per heavy atom. The lowest BCUT2D eigenvalue weighted by atomic mass is 9.84. The molecule has 0 radical (unpaired) electrons. The fraction of sp³-hybridized carbons (Fsp3) is 0.591. The molecule has 6 aliphatic rings. The Balaban J connectivity index is 0.802. The SMILES string of the molecule is C=C1C(=O)O[C@H]2[C@H]1CC/C(COC(=O)/C=C/C(=O)CCCCCCNC(=O)/C=C/C(=O)OC/C1=C/CC[C@@]3(C)O[C@H]3[C@H]3OC(=O)C(=C)[C@@H]3CC1)=C\CC[C@@]1(C)O[C@@H]21. The van der Waals surface area contributed by atoms with Gasteiger partial charge in [-0.2, -0.15) is 0 Å². The molecule has 2 aliphatic carbocycles. The zero-order valence-corrected chi connectivity index (χ0v) is 33.1. The first-order valence-corrected chi connectivity index (χ1v) is 20.3. The summed E-state index contributed by atoms with van der Waals surface area (Å²) in [6.45, 7) is 12.5. The first kappa shape index (κ1) is 42.0. The topological polar surface area (TPSA) is 176 Å². The zero-order valence-electron chi connectivity index (χ0n) is 33.1. The smallest absolute Gasteiger partial charge is 0.334 e. The van der Waals surface area contributed by atoms with E-state index in [2.05, 4.69) is 30.6 Å². The molecule has 0 spiro atoms. The molecule has 1 N–H and O–H groups in total. The summed E-state index contributed by atoms with van der Waals surface area (Å²) in [5.74, 6) is -2.83.